The van der Waals surface area contributed by atoms with Crippen molar-refractivity contribution in [1.29, 1.82) is 0 Å². The molecule has 1 saturated carbocycles. The Balaban J connectivity index is 1.91. The van der Waals surface area contributed by atoms with Crippen LogP contribution in [-0.2, 0) is 0 Å². The maximum atomic E-state index is 5.98. The Hall–Kier alpha value is -1.68. The van der Waals surface area contributed by atoms with Crippen LogP contribution in [0.5, 0.6) is 0 Å². The number of hydrogen-bond donors (Lipinski definition) is 1. The summed E-state index contributed by atoms with van der Waals surface area (Å²) in [7, 11) is 2.12. The van der Waals surface area contributed by atoms with Gasteiger partial charge in [-0.2, -0.15) is 5.10 Å². The highest BCUT2D eigenvalue weighted by Crippen LogP contribution is 2.28. The van der Waals surface area contributed by atoms with Crippen molar-refractivity contribution >= 4 is 16.6 Å². The quantitative estimate of drug-likeness (QED) is 0.896. The van der Waals surface area contributed by atoms with Gasteiger partial charge in [-0.3, -0.25) is 0 Å². The second-order valence-corrected chi connectivity index (χ2v) is 5.43. The Morgan fingerprint density at radius 2 is 1.89 bits per heavy atom. The van der Waals surface area contributed by atoms with E-state index in [2.05, 4.69) is 40.3 Å². The summed E-state index contributed by atoms with van der Waals surface area (Å²) in [6.07, 6.45) is 6.31. The number of nitrogens with zero attached hydrogens (tertiary/aromatic N) is 3. The molecule has 0 amide bonds. The van der Waals surface area contributed by atoms with E-state index in [4.69, 9.17) is 5.73 Å². The molecule has 100 valence electrons. The van der Waals surface area contributed by atoms with Crippen LogP contribution in [0.15, 0.2) is 30.5 Å². The van der Waals surface area contributed by atoms with Gasteiger partial charge in [0.15, 0.2) is 5.82 Å². The van der Waals surface area contributed by atoms with Gasteiger partial charge in [-0.25, -0.2) is 0 Å². The first kappa shape index (κ1) is 12.4. The number of hydrogen-bond acceptors (Lipinski definition) is 4. The molecule has 1 aromatic carbocycles. The Morgan fingerprint density at radius 1 is 1.16 bits per heavy atom. The minimum Gasteiger partial charge on any atom is -0.355 e. The van der Waals surface area contributed by atoms with Crippen molar-refractivity contribution < 1.29 is 0 Å². The van der Waals surface area contributed by atoms with Crippen LogP contribution in [0, 0.1) is 0 Å². The molecule has 1 aromatic heterocycles. The molecule has 1 heterocycles. The number of rotatable bonds is 2. The average molecular weight is 256 g/mol. The van der Waals surface area contributed by atoms with Crippen LogP contribution in [-0.4, -0.2) is 29.3 Å². The first-order chi connectivity index (χ1) is 9.25. The molecule has 19 heavy (non-hydrogen) atoms. The third-order valence-corrected chi connectivity index (χ3v) is 4.17. The topological polar surface area (TPSA) is 55.0 Å². The van der Waals surface area contributed by atoms with Gasteiger partial charge in [0.05, 0.1) is 6.20 Å². The third-order valence-electron chi connectivity index (χ3n) is 4.17. The molecule has 4 nitrogen and oxygen atoms in total. The Kier molecular flexibility index (Phi) is 3.34. The van der Waals surface area contributed by atoms with Gasteiger partial charge in [0.25, 0.3) is 0 Å². The molecule has 0 spiro atoms. The summed E-state index contributed by atoms with van der Waals surface area (Å²) >= 11 is 0. The fourth-order valence-corrected chi connectivity index (χ4v) is 2.94. The zero-order valence-electron chi connectivity index (χ0n) is 11.3. The normalized spacial score (nSPS) is 23.5. The van der Waals surface area contributed by atoms with E-state index in [0.717, 1.165) is 36.9 Å². The maximum absolute atomic E-state index is 5.98. The molecule has 0 unspecified atom stereocenters. The number of nitrogens with two attached hydrogens (primary N) is 1. The molecule has 1 aliphatic rings. The van der Waals surface area contributed by atoms with Crippen molar-refractivity contribution in [2.45, 2.75) is 37.8 Å². The van der Waals surface area contributed by atoms with Crippen molar-refractivity contribution in [3.8, 4) is 0 Å². The predicted molar refractivity (Wildman–Crippen MR) is 78.2 cm³/mol. The molecule has 0 radical (unpaired) electrons. The van der Waals surface area contributed by atoms with Crippen LogP contribution >= 0.6 is 0 Å². The van der Waals surface area contributed by atoms with Crippen molar-refractivity contribution in [3.63, 3.8) is 0 Å². The van der Waals surface area contributed by atoms with Crippen molar-refractivity contribution in [2.75, 3.05) is 11.9 Å². The van der Waals surface area contributed by atoms with Crippen molar-refractivity contribution in [2.24, 2.45) is 5.73 Å². The molecule has 2 aromatic rings. The first-order valence-electron chi connectivity index (χ1n) is 6.94. The molecule has 0 aliphatic heterocycles. The van der Waals surface area contributed by atoms with Crippen LogP contribution in [0.4, 0.5) is 5.82 Å². The zero-order chi connectivity index (χ0) is 13.2. The zero-order valence-corrected chi connectivity index (χ0v) is 11.3. The number of anilines is 1. The fourth-order valence-electron chi connectivity index (χ4n) is 2.94. The monoisotopic (exact) mass is 256 g/mol. The van der Waals surface area contributed by atoms with Crippen LogP contribution < -0.4 is 10.6 Å². The molecule has 0 bridgehead atoms. The van der Waals surface area contributed by atoms with Gasteiger partial charge in [-0.05, 0) is 25.7 Å². The number of benzene rings is 1. The van der Waals surface area contributed by atoms with E-state index in [9.17, 15) is 0 Å². The molecule has 1 aliphatic carbocycles. The molecular formula is C15H20N4. The summed E-state index contributed by atoms with van der Waals surface area (Å²) in [4.78, 5) is 2.28. The third kappa shape index (κ3) is 2.40. The highest BCUT2D eigenvalue weighted by molar-refractivity contribution is 5.91. The van der Waals surface area contributed by atoms with Crippen molar-refractivity contribution in [1.82, 2.24) is 10.2 Å². The molecule has 0 atom stereocenters. The van der Waals surface area contributed by atoms with E-state index < -0.39 is 0 Å². The predicted octanol–water partition coefficient (Wildman–Crippen LogP) is 2.34. The SMILES string of the molecule is CN(c1nncc2ccccc12)C1CCC(N)CC1. The summed E-state index contributed by atoms with van der Waals surface area (Å²) in [5.41, 5.74) is 5.98. The highest BCUT2D eigenvalue weighted by Gasteiger charge is 2.23. The van der Waals surface area contributed by atoms with Gasteiger partial charge < -0.3 is 10.6 Å². The van der Waals surface area contributed by atoms with E-state index in [1.165, 1.54) is 5.39 Å². The Morgan fingerprint density at radius 3 is 2.68 bits per heavy atom. The molecule has 0 saturated heterocycles. The highest BCUT2D eigenvalue weighted by atomic mass is 15.3. The van der Waals surface area contributed by atoms with E-state index in [1.54, 1.807) is 0 Å². The van der Waals surface area contributed by atoms with E-state index in [-0.39, 0.29) is 0 Å². The first-order valence-corrected chi connectivity index (χ1v) is 6.94. The van der Waals surface area contributed by atoms with Gasteiger partial charge in [0.2, 0.25) is 0 Å². The van der Waals surface area contributed by atoms with Crippen LogP contribution in [0.25, 0.3) is 10.8 Å². The van der Waals surface area contributed by atoms with E-state index in [1.807, 2.05) is 12.3 Å². The second-order valence-electron chi connectivity index (χ2n) is 5.43. The molecule has 1 fully saturated rings. The van der Waals surface area contributed by atoms with Gasteiger partial charge in [-0.1, -0.05) is 24.3 Å². The van der Waals surface area contributed by atoms with Crippen molar-refractivity contribution in [3.05, 3.63) is 30.5 Å². The molecule has 4 heteroatoms. The maximum Gasteiger partial charge on any atom is 0.159 e. The Bertz CT molecular complexity index is 556. The summed E-state index contributed by atoms with van der Waals surface area (Å²) in [5.74, 6) is 0.985. The van der Waals surface area contributed by atoms with Gasteiger partial charge in [-0.15, -0.1) is 5.10 Å². The summed E-state index contributed by atoms with van der Waals surface area (Å²) in [6.45, 7) is 0. The van der Waals surface area contributed by atoms with E-state index in [0.29, 0.717) is 12.1 Å². The number of aromatic nitrogens is 2. The lowest BCUT2D eigenvalue weighted by Gasteiger charge is -2.34. The molecular weight excluding hydrogens is 236 g/mol. The molecule has 3 rings (SSSR count). The standard InChI is InChI=1S/C15H20N4/c1-19(13-8-6-12(16)7-9-13)15-14-5-3-2-4-11(14)10-17-18-15/h2-5,10,12-13H,6-9,16H2,1H3. The average Bonchev–Trinajstić information content (AvgIpc) is 2.47. The van der Waals surface area contributed by atoms with Crippen LogP contribution in [0.1, 0.15) is 25.7 Å². The lowest BCUT2D eigenvalue weighted by Crippen LogP contribution is -2.39. The fraction of sp³-hybridized carbons (Fsp3) is 0.467. The second kappa shape index (κ2) is 5.13. The van der Waals surface area contributed by atoms with Gasteiger partial charge in [0.1, 0.15) is 0 Å². The summed E-state index contributed by atoms with van der Waals surface area (Å²) < 4.78 is 0. The minimum absolute atomic E-state index is 0.378. The number of fused-ring (bicyclic) bond motifs is 1. The van der Waals surface area contributed by atoms with Gasteiger partial charge in [0, 0.05) is 29.9 Å². The summed E-state index contributed by atoms with van der Waals surface area (Å²) in [5, 5.41) is 10.8. The van der Waals surface area contributed by atoms with Gasteiger partial charge >= 0.3 is 0 Å². The smallest absolute Gasteiger partial charge is 0.159 e. The van der Waals surface area contributed by atoms with Crippen LogP contribution in [0.3, 0.4) is 0 Å². The largest absolute Gasteiger partial charge is 0.355 e. The van der Waals surface area contributed by atoms with Crippen LogP contribution in [0.2, 0.25) is 0 Å². The minimum atomic E-state index is 0.378. The Labute approximate surface area is 113 Å². The molecule has 2 N–H and O–H groups in total. The summed E-state index contributed by atoms with van der Waals surface area (Å²) in [6, 6.07) is 9.19. The lowest BCUT2D eigenvalue weighted by molar-refractivity contribution is 0.384. The lowest BCUT2D eigenvalue weighted by atomic mass is 9.91. The van der Waals surface area contributed by atoms with E-state index >= 15 is 0 Å².